The summed E-state index contributed by atoms with van der Waals surface area (Å²) in [5.41, 5.74) is -1.93. The minimum atomic E-state index is -4.25. The quantitative estimate of drug-likeness (QED) is 0.692. The van der Waals surface area contributed by atoms with E-state index in [0.29, 0.717) is 12.8 Å². The summed E-state index contributed by atoms with van der Waals surface area (Å²) in [7, 11) is 0. The summed E-state index contributed by atoms with van der Waals surface area (Å²) in [4.78, 5) is 0. The molecule has 1 aliphatic carbocycles. The number of ether oxygens (including phenoxy) is 1. The second-order valence-electron chi connectivity index (χ2n) is 4.02. The van der Waals surface area contributed by atoms with Crippen LogP contribution in [0.1, 0.15) is 39.5 Å². The predicted molar refractivity (Wildman–Crippen MR) is 48.0 cm³/mol. The van der Waals surface area contributed by atoms with Crippen LogP contribution >= 0.6 is 0 Å². The molecule has 1 nitrogen and oxygen atoms in total. The molecule has 0 amide bonds. The fraction of sp³-hybridized carbons (Fsp3) is 1.00. The Kier molecular flexibility index (Phi) is 3.45. The molecule has 0 N–H and O–H groups in total. The average molecular weight is 210 g/mol. The van der Waals surface area contributed by atoms with Gasteiger partial charge in [0.05, 0.1) is 0 Å². The van der Waals surface area contributed by atoms with Crippen molar-refractivity contribution in [3.8, 4) is 0 Å². The zero-order chi connectivity index (χ0) is 10.8. The molecule has 0 aliphatic heterocycles. The van der Waals surface area contributed by atoms with E-state index in [0.717, 1.165) is 12.8 Å². The number of alkyl halides is 3. The Hall–Kier alpha value is -0.250. The Bertz CT molecular complexity index is 184. The lowest BCUT2D eigenvalue weighted by Crippen LogP contribution is -2.50. The maximum atomic E-state index is 12.8. The van der Waals surface area contributed by atoms with E-state index < -0.39 is 11.8 Å². The van der Waals surface area contributed by atoms with Crippen molar-refractivity contribution in [2.75, 3.05) is 6.61 Å². The molecule has 1 fully saturated rings. The summed E-state index contributed by atoms with van der Waals surface area (Å²) < 4.78 is 43.4. The number of rotatable bonds is 3. The predicted octanol–water partition coefficient (Wildman–Crippen LogP) is 3.53. The van der Waals surface area contributed by atoms with Gasteiger partial charge in [-0.3, -0.25) is 0 Å². The van der Waals surface area contributed by atoms with Crippen LogP contribution in [0, 0.1) is 5.92 Å². The Balaban J connectivity index is 2.79. The van der Waals surface area contributed by atoms with Gasteiger partial charge in [0.25, 0.3) is 0 Å². The van der Waals surface area contributed by atoms with Gasteiger partial charge in [-0.1, -0.05) is 12.8 Å². The van der Waals surface area contributed by atoms with Gasteiger partial charge in [-0.15, -0.1) is 0 Å². The zero-order valence-corrected chi connectivity index (χ0v) is 8.66. The first-order chi connectivity index (χ1) is 6.42. The molecular formula is C10H17F3O. The molecule has 0 spiro atoms. The van der Waals surface area contributed by atoms with E-state index >= 15 is 0 Å². The minimum absolute atomic E-state index is 0.118. The van der Waals surface area contributed by atoms with Gasteiger partial charge in [-0.25, -0.2) is 0 Å². The van der Waals surface area contributed by atoms with Crippen LogP contribution < -0.4 is 0 Å². The number of hydrogen-bond donors (Lipinski definition) is 0. The molecule has 0 heterocycles. The molecule has 84 valence electrons. The van der Waals surface area contributed by atoms with Crippen LogP contribution in [0.25, 0.3) is 0 Å². The van der Waals surface area contributed by atoms with Crippen molar-refractivity contribution in [2.45, 2.75) is 51.3 Å². The van der Waals surface area contributed by atoms with Crippen LogP contribution in [-0.4, -0.2) is 18.4 Å². The van der Waals surface area contributed by atoms with Gasteiger partial charge in [0.1, 0.15) is 0 Å². The summed E-state index contributed by atoms with van der Waals surface area (Å²) in [6, 6.07) is 0. The first-order valence-electron chi connectivity index (χ1n) is 5.12. The van der Waals surface area contributed by atoms with Crippen LogP contribution in [0.2, 0.25) is 0 Å². The second-order valence-corrected chi connectivity index (χ2v) is 4.02. The standard InChI is InChI=1S/C10H17F3O/c1-3-14-9(2,10(11,12)13)8-6-4-5-7-8/h8H,3-7H2,1-2H3. The summed E-state index contributed by atoms with van der Waals surface area (Å²) in [5.74, 6) is -0.359. The van der Waals surface area contributed by atoms with Crippen LogP contribution in [0.4, 0.5) is 13.2 Å². The number of hydrogen-bond acceptors (Lipinski definition) is 1. The summed E-state index contributed by atoms with van der Waals surface area (Å²) in [6.07, 6.45) is -1.20. The SMILES string of the molecule is CCOC(C)(C1CCCC1)C(F)(F)F. The van der Waals surface area contributed by atoms with E-state index in [2.05, 4.69) is 0 Å². The van der Waals surface area contributed by atoms with E-state index in [1.807, 2.05) is 0 Å². The molecule has 1 saturated carbocycles. The molecular weight excluding hydrogens is 193 g/mol. The lowest BCUT2D eigenvalue weighted by molar-refractivity contribution is -0.288. The monoisotopic (exact) mass is 210 g/mol. The zero-order valence-electron chi connectivity index (χ0n) is 8.66. The summed E-state index contributed by atoms with van der Waals surface area (Å²) in [5, 5.41) is 0. The smallest absolute Gasteiger partial charge is 0.366 e. The van der Waals surface area contributed by atoms with Crippen molar-refractivity contribution >= 4 is 0 Å². The second kappa shape index (κ2) is 4.09. The first kappa shape index (κ1) is 11.8. The van der Waals surface area contributed by atoms with Crippen LogP contribution in [0.5, 0.6) is 0 Å². The Morgan fingerprint density at radius 3 is 2.07 bits per heavy atom. The first-order valence-corrected chi connectivity index (χ1v) is 5.12. The average Bonchev–Trinajstić information content (AvgIpc) is 2.54. The molecule has 4 heteroatoms. The largest absolute Gasteiger partial charge is 0.417 e. The van der Waals surface area contributed by atoms with Gasteiger partial charge in [-0.05, 0) is 32.6 Å². The normalized spacial score (nSPS) is 23.8. The fourth-order valence-corrected chi connectivity index (χ4v) is 2.21. The van der Waals surface area contributed by atoms with Crippen molar-refractivity contribution in [1.82, 2.24) is 0 Å². The topological polar surface area (TPSA) is 9.23 Å². The van der Waals surface area contributed by atoms with Crippen molar-refractivity contribution in [3.63, 3.8) is 0 Å². The third kappa shape index (κ3) is 2.05. The van der Waals surface area contributed by atoms with E-state index in [4.69, 9.17) is 4.74 Å². The van der Waals surface area contributed by atoms with Crippen LogP contribution in [0.15, 0.2) is 0 Å². The minimum Gasteiger partial charge on any atom is -0.366 e. The van der Waals surface area contributed by atoms with Gasteiger partial charge >= 0.3 is 6.18 Å². The highest BCUT2D eigenvalue weighted by Crippen LogP contribution is 2.45. The molecule has 14 heavy (non-hydrogen) atoms. The molecule has 1 atom stereocenters. The highest BCUT2D eigenvalue weighted by Gasteiger charge is 2.57. The van der Waals surface area contributed by atoms with Crippen molar-refractivity contribution < 1.29 is 17.9 Å². The lowest BCUT2D eigenvalue weighted by Gasteiger charge is -2.37. The van der Waals surface area contributed by atoms with Crippen molar-refractivity contribution in [3.05, 3.63) is 0 Å². The van der Waals surface area contributed by atoms with E-state index in [9.17, 15) is 13.2 Å². The molecule has 0 aromatic rings. The van der Waals surface area contributed by atoms with E-state index in [1.54, 1.807) is 6.92 Å². The highest BCUT2D eigenvalue weighted by atomic mass is 19.4. The maximum Gasteiger partial charge on any atom is 0.417 e. The van der Waals surface area contributed by atoms with Gasteiger partial charge in [0.2, 0.25) is 0 Å². The summed E-state index contributed by atoms with van der Waals surface area (Å²) >= 11 is 0. The number of halogens is 3. The molecule has 0 bridgehead atoms. The van der Waals surface area contributed by atoms with Crippen molar-refractivity contribution in [1.29, 1.82) is 0 Å². The van der Waals surface area contributed by atoms with Crippen LogP contribution in [-0.2, 0) is 4.74 Å². The van der Waals surface area contributed by atoms with Crippen LogP contribution in [0.3, 0.4) is 0 Å². The van der Waals surface area contributed by atoms with Crippen molar-refractivity contribution in [2.24, 2.45) is 5.92 Å². The fourth-order valence-electron chi connectivity index (χ4n) is 2.21. The lowest BCUT2D eigenvalue weighted by atomic mass is 9.87. The van der Waals surface area contributed by atoms with Gasteiger partial charge < -0.3 is 4.74 Å². The third-order valence-corrected chi connectivity index (χ3v) is 3.14. The van der Waals surface area contributed by atoms with Gasteiger partial charge in [0.15, 0.2) is 5.60 Å². The molecule has 0 aromatic heterocycles. The van der Waals surface area contributed by atoms with Gasteiger partial charge in [0, 0.05) is 6.61 Å². The Morgan fingerprint density at radius 1 is 1.21 bits per heavy atom. The van der Waals surface area contributed by atoms with E-state index in [1.165, 1.54) is 6.92 Å². The molecule has 0 aromatic carbocycles. The highest BCUT2D eigenvalue weighted by molar-refractivity contribution is 4.93. The Labute approximate surface area is 82.6 Å². The molecule has 1 unspecified atom stereocenters. The molecule has 1 rings (SSSR count). The van der Waals surface area contributed by atoms with E-state index in [-0.39, 0.29) is 12.5 Å². The third-order valence-electron chi connectivity index (χ3n) is 3.14. The molecule has 0 radical (unpaired) electrons. The summed E-state index contributed by atoms with van der Waals surface area (Å²) in [6.45, 7) is 2.91. The molecule has 0 saturated heterocycles. The maximum absolute atomic E-state index is 12.8. The van der Waals surface area contributed by atoms with Gasteiger partial charge in [-0.2, -0.15) is 13.2 Å². The molecule has 1 aliphatic rings. The Morgan fingerprint density at radius 2 is 1.71 bits per heavy atom.